The number of carbonyl (C=O) groups excluding carboxylic acids is 3. The van der Waals surface area contributed by atoms with Crippen molar-refractivity contribution < 1.29 is 14.4 Å². The van der Waals surface area contributed by atoms with Crippen LogP contribution in [0.3, 0.4) is 0 Å². The SMILES string of the molecule is CC(=O)C(=N)c1ccncc1NCC(=O)N1[C@@H]2C[C@@H]2C[C@H]1C(=O)Nc1cnc(C)c(Br)n1. The van der Waals surface area contributed by atoms with Crippen molar-refractivity contribution in [3.8, 4) is 0 Å². The first-order valence-corrected chi connectivity index (χ1v) is 10.9. The van der Waals surface area contributed by atoms with Gasteiger partial charge in [-0.2, -0.15) is 0 Å². The number of amides is 2. The number of ketones is 1. The Hall–Kier alpha value is -3.21. The van der Waals surface area contributed by atoms with Crippen LogP contribution in [0, 0.1) is 18.3 Å². The summed E-state index contributed by atoms with van der Waals surface area (Å²) in [6.45, 7) is 3.04. The van der Waals surface area contributed by atoms with E-state index in [-0.39, 0.29) is 35.9 Å². The number of nitrogens with one attached hydrogen (secondary N) is 3. The van der Waals surface area contributed by atoms with Crippen molar-refractivity contribution in [2.24, 2.45) is 5.92 Å². The van der Waals surface area contributed by atoms with E-state index in [1.165, 1.54) is 25.5 Å². The summed E-state index contributed by atoms with van der Waals surface area (Å²) in [5.74, 6) is -0.258. The summed E-state index contributed by atoms with van der Waals surface area (Å²) in [7, 11) is 0. The molecule has 1 saturated carbocycles. The van der Waals surface area contributed by atoms with Crippen LogP contribution in [0.2, 0.25) is 0 Å². The van der Waals surface area contributed by atoms with Crippen LogP contribution in [0.1, 0.15) is 31.0 Å². The number of carbonyl (C=O) groups is 3. The van der Waals surface area contributed by atoms with Gasteiger partial charge in [0.2, 0.25) is 11.8 Å². The molecule has 3 atom stereocenters. The van der Waals surface area contributed by atoms with Crippen LogP contribution < -0.4 is 10.6 Å². The van der Waals surface area contributed by atoms with E-state index in [1.807, 2.05) is 0 Å². The molecule has 2 aromatic rings. The predicted octanol–water partition coefficient (Wildman–Crippen LogP) is 1.94. The number of hydrogen-bond acceptors (Lipinski definition) is 8. The molecule has 1 saturated heterocycles. The molecule has 2 aliphatic rings. The number of anilines is 2. The van der Waals surface area contributed by atoms with Gasteiger partial charge in [0.05, 0.1) is 30.3 Å². The number of halogens is 1. The van der Waals surface area contributed by atoms with E-state index in [0.29, 0.717) is 39.7 Å². The molecule has 4 rings (SSSR count). The fourth-order valence-corrected chi connectivity index (χ4v) is 4.24. The van der Waals surface area contributed by atoms with Gasteiger partial charge in [-0.1, -0.05) is 0 Å². The van der Waals surface area contributed by atoms with Gasteiger partial charge >= 0.3 is 0 Å². The quantitative estimate of drug-likeness (QED) is 0.494. The van der Waals surface area contributed by atoms with Crippen molar-refractivity contribution in [1.29, 1.82) is 5.41 Å². The second-order valence-corrected chi connectivity index (χ2v) is 8.69. The Kier molecular flexibility index (Phi) is 6.00. The average molecular weight is 500 g/mol. The Morgan fingerprint density at radius 3 is 2.78 bits per heavy atom. The van der Waals surface area contributed by atoms with Crippen LogP contribution in [-0.2, 0) is 14.4 Å². The molecule has 166 valence electrons. The molecular formula is C21H22BrN7O3. The minimum Gasteiger partial charge on any atom is -0.374 e. The first-order valence-electron chi connectivity index (χ1n) is 10.1. The summed E-state index contributed by atoms with van der Waals surface area (Å²) in [6.07, 6.45) is 5.94. The van der Waals surface area contributed by atoms with Crippen molar-refractivity contribution in [1.82, 2.24) is 19.9 Å². The Bertz CT molecular complexity index is 1120. The number of aromatic nitrogens is 3. The fourth-order valence-electron chi connectivity index (χ4n) is 3.95. The van der Waals surface area contributed by atoms with Gasteiger partial charge in [-0.05, 0) is 47.7 Å². The minimum absolute atomic E-state index is 0.0553. The third-order valence-corrected chi connectivity index (χ3v) is 6.47. The number of aryl methyl sites for hydroxylation is 1. The summed E-state index contributed by atoms with van der Waals surface area (Å²) >= 11 is 3.30. The number of pyridine rings is 1. The number of piperidine rings is 1. The van der Waals surface area contributed by atoms with E-state index in [2.05, 4.69) is 41.5 Å². The van der Waals surface area contributed by atoms with Crippen molar-refractivity contribution in [3.63, 3.8) is 0 Å². The molecule has 3 N–H and O–H groups in total. The molecule has 0 unspecified atom stereocenters. The van der Waals surface area contributed by atoms with Gasteiger partial charge in [-0.3, -0.25) is 29.8 Å². The molecule has 0 bridgehead atoms. The molecule has 2 amide bonds. The third kappa shape index (κ3) is 4.38. The third-order valence-electron chi connectivity index (χ3n) is 5.72. The molecule has 0 spiro atoms. The Morgan fingerprint density at radius 2 is 2.06 bits per heavy atom. The standard InChI is InChI=1S/C21H22BrN7O3/c1-10-20(22)27-17(8-25-10)28-21(32)16-6-12-5-15(12)29(16)18(31)9-26-14-7-24-4-3-13(14)19(23)11(2)30/h3-4,7-8,12,15-16,23,26H,5-6,9H2,1-2H3,(H,27,28,32)/t12-,15-,16+/m1/s1. The highest BCUT2D eigenvalue weighted by Crippen LogP contribution is 2.48. The van der Waals surface area contributed by atoms with Crippen LogP contribution in [0.5, 0.6) is 0 Å². The van der Waals surface area contributed by atoms with E-state index in [1.54, 1.807) is 17.9 Å². The molecule has 3 heterocycles. The van der Waals surface area contributed by atoms with Crippen molar-refractivity contribution in [2.75, 3.05) is 17.2 Å². The van der Waals surface area contributed by atoms with Gasteiger partial charge in [0.15, 0.2) is 11.6 Å². The van der Waals surface area contributed by atoms with E-state index >= 15 is 0 Å². The highest BCUT2D eigenvalue weighted by molar-refractivity contribution is 9.10. The molecule has 0 aromatic carbocycles. The molecule has 2 aromatic heterocycles. The number of nitrogens with zero attached hydrogens (tertiary/aromatic N) is 4. The number of fused-ring (bicyclic) bond motifs is 1. The highest BCUT2D eigenvalue weighted by Gasteiger charge is 2.55. The van der Waals surface area contributed by atoms with Crippen LogP contribution in [0.15, 0.2) is 29.3 Å². The Labute approximate surface area is 192 Å². The molecule has 1 aliphatic heterocycles. The smallest absolute Gasteiger partial charge is 0.248 e. The van der Waals surface area contributed by atoms with Crippen molar-refractivity contribution in [3.05, 3.63) is 40.5 Å². The van der Waals surface area contributed by atoms with Gasteiger partial charge in [0.25, 0.3) is 0 Å². The molecule has 0 radical (unpaired) electrons. The maximum Gasteiger partial charge on any atom is 0.248 e. The maximum atomic E-state index is 13.0. The topological polar surface area (TPSA) is 141 Å². The van der Waals surface area contributed by atoms with Crippen molar-refractivity contribution >= 4 is 50.7 Å². The lowest BCUT2D eigenvalue weighted by Gasteiger charge is -2.27. The average Bonchev–Trinajstić information content (AvgIpc) is 3.43. The van der Waals surface area contributed by atoms with Gasteiger partial charge in [-0.25, -0.2) is 4.98 Å². The number of rotatable bonds is 7. The second-order valence-electron chi connectivity index (χ2n) is 7.94. The Morgan fingerprint density at radius 1 is 1.28 bits per heavy atom. The number of hydrogen-bond donors (Lipinski definition) is 3. The molecular weight excluding hydrogens is 478 g/mol. The van der Waals surface area contributed by atoms with Crippen LogP contribution >= 0.6 is 15.9 Å². The lowest BCUT2D eigenvalue weighted by atomic mass is 10.1. The zero-order chi connectivity index (χ0) is 23.0. The van der Waals surface area contributed by atoms with Crippen molar-refractivity contribution in [2.45, 2.75) is 38.8 Å². The van der Waals surface area contributed by atoms with Gasteiger partial charge in [-0.15, -0.1) is 0 Å². The van der Waals surface area contributed by atoms with Gasteiger partial charge < -0.3 is 15.5 Å². The Balaban J connectivity index is 1.44. The lowest BCUT2D eigenvalue weighted by molar-refractivity contribution is -0.136. The monoisotopic (exact) mass is 499 g/mol. The van der Waals surface area contributed by atoms with E-state index in [9.17, 15) is 14.4 Å². The first-order chi connectivity index (χ1) is 15.3. The summed E-state index contributed by atoms with van der Waals surface area (Å²) in [6, 6.07) is 1.03. The zero-order valence-corrected chi connectivity index (χ0v) is 19.1. The zero-order valence-electron chi connectivity index (χ0n) is 17.6. The number of Topliss-reactive ketones (excluding diaryl/α,β-unsaturated/α-hetero) is 1. The van der Waals surface area contributed by atoms with E-state index in [0.717, 1.165) is 6.42 Å². The van der Waals surface area contributed by atoms with E-state index in [4.69, 9.17) is 5.41 Å². The lowest BCUT2D eigenvalue weighted by Crippen LogP contribution is -2.47. The minimum atomic E-state index is -0.584. The molecule has 2 fully saturated rings. The second kappa shape index (κ2) is 8.73. The molecule has 1 aliphatic carbocycles. The van der Waals surface area contributed by atoms with Gasteiger partial charge in [0, 0.05) is 24.7 Å². The van der Waals surface area contributed by atoms with Crippen LogP contribution in [-0.4, -0.2) is 61.8 Å². The van der Waals surface area contributed by atoms with Crippen LogP contribution in [0.25, 0.3) is 0 Å². The fraction of sp³-hybridized carbons (Fsp3) is 0.381. The summed E-state index contributed by atoms with van der Waals surface area (Å²) in [5.41, 5.74) is 1.35. The summed E-state index contributed by atoms with van der Waals surface area (Å²) in [4.78, 5) is 51.6. The summed E-state index contributed by atoms with van der Waals surface area (Å²) < 4.78 is 0.546. The first kappa shape index (κ1) is 22.0. The highest BCUT2D eigenvalue weighted by atomic mass is 79.9. The predicted molar refractivity (Wildman–Crippen MR) is 120 cm³/mol. The van der Waals surface area contributed by atoms with Crippen LogP contribution in [0.4, 0.5) is 11.5 Å². The largest absolute Gasteiger partial charge is 0.374 e. The molecule has 32 heavy (non-hydrogen) atoms. The van der Waals surface area contributed by atoms with Gasteiger partial charge in [0.1, 0.15) is 16.4 Å². The molecule has 11 heteroatoms. The summed E-state index contributed by atoms with van der Waals surface area (Å²) in [5, 5.41) is 13.7. The molecule has 10 nitrogen and oxygen atoms in total. The maximum absolute atomic E-state index is 13.0. The normalized spacial score (nSPS) is 21.0. The number of likely N-dealkylation sites (tertiary alicyclic amines) is 1. The van der Waals surface area contributed by atoms with E-state index < -0.39 is 6.04 Å².